The molecule has 1 saturated carbocycles. The Labute approximate surface area is 159 Å². The first kappa shape index (κ1) is 15.6. The monoisotopic (exact) mass is 375 g/mol. The van der Waals surface area contributed by atoms with Crippen LogP contribution in [0.5, 0.6) is 0 Å². The largest absolute Gasteiger partial charge is 0.417 e. The second kappa shape index (κ2) is 5.75. The van der Waals surface area contributed by atoms with Gasteiger partial charge in [-0.1, -0.05) is 6.07 Å². The number of nitrogens with one attached hydrogen (secondary N) is 1. The van der Waals surface area contributed by atoms with Crippen molar-refractivity contribution in [3.63, 3.8) is 0 Å². The van der Waals surface area contributed by atoms with Crippen molar-refractivity contribution in [2.45, 2.75) is 31.2 Å². The van der Waals surface area contributed by atoms with E-state index in [-0.39, 0.29) is 11.8 Å². The molecule has 4 aromatic rings. The number of amides is 1. The van der Waals surface area contributed by atoms with Gasteiger partial charge in [0.15, 0.2) is 0 Å². The van der Waals surface area contributed by atoms with Crippen molar-refractivity contribution in [1.29, 1.82) is 0 Å². The lowest BCUT2D eigenvalue weighted by Crippen LogP contribution is -2.41. The van der Waals surface area contributed by atoms with Gasteiger partial charge in [-0.15, -0.1) is 10.2 Å². The molecule has 0 saturated heterocycles. The number of fused-ring (bicyclic) bond motifs is 2. The van der Waals surface area contributed by atoms with Gasteiger partial charge in [0.05, 0.1) is 23.2 Å². The Morgan fingerprint density at radius 2 is 2.18 bits per heavy atom. The molecule has 0 spiro atoms. The lowest BCUT2D eigenvalue weighted by molar-refractivity contribution is 0.0644. The number of imidazole rings is 1. The minimum Gasteiger partial charge on any atom is -0.417 e. The van der Waals surface area contributed by atoms with Gasteiger partial charge in [-0.3, -0.25) is 4.79 Å². The minimum absolute atomic E-state index is 0.0367. The molecule has 1 atom stereocenters. The van der Waals surface area contributed by atoms with Gasteiger partial charge < -0.3 is 14.3 Å². The lowest BCUT2D eigenvalue weighted by Gasteiger charge is -2.32. The van der Waals surface area contributed by atoms with Crippen molar-refractivity contribution in [2.75, 3.05) is 6.54 Å². The predicted octanol–water partition coefficient (Wildman–Crippen LogP) is 2.11. The molecule has 1 amide bonds. The topological polar surface area (TPSA) is 105 Å². The summed E-state index contributed by atoms with van der Waals surface area (Å²) in [6.45, 7) is 0.522. The summed E-state index contributed by atoms with van der Waals surface area (Å²) in [5, 5.41) is 12.7. The summed E-state index contributed by atoms with van der Waals surface area (Å²) in [5.41, 5.74) is 3.55. The smallest absolute Gasteiger partial charge is 0.312 e. The summed E-state index contributed by atoms with van der Waals surface area (Å²) in [5.74, 6) is 0.623. The molecule has 1 N–H and O–H groups in total. The second-order valence-electron chi connectivity index (χ2n) is 7.28. The van der Waals surface area contributed by atoms with Crippen molar-refractivity contribution < 1.29 is 9.21 Å². The number of hydrogen-bond acceptors (Lipinski definition) is 6. The number of rotatable bonds is 3. The van der Waals surface area contributed by atoms with Crippen molar-refractivity contribution in [1.82, 2.24) is 34.7 Å². The number of H-pyrrole nitrogens is 1. The Bertz CT molecular complexity index is 1150. The number of carbonyl (C=O) groups is 1. The molecular formula is C19H17N7O2. The average molecular weight is 375 g/mol. The third kappa shape index (κ3) is 2.35. The van der Waals surface area contributed by atoms with Crippen LogP contribution in [0.15, 0.2) is 41.2 Å². The molecule has 0 bridgehead atoms. The first-order valence-electron chi connectivity index (χ1n) is 9.39. The van der Waals surface area contributed by atoms with Crippen LogP contribution in [0.4, 0.5) is 0 Å². The van der Waals surface area contributed by atoms with E-state index in [9.17, 15) is 4.79 Å². The van der Waals surface area contributed by atoms with E-state index in [4.69, 9.17) is 4.42 Å². The van der Waals surface area contributed by atoms with E-state index in [1.165, 1.54) is 0 Å². The van der Waals surface area contributed by atoms with E-state index < -0.39 is 6.04 Å². The molecule has 1 unspecified atom stereocenters. The van der Waals surface area contributed by atoms with Gasteiger partial charge in [-0.2, -0.15) is 5.10 Å². The van der Waals surface area contributed by atoms with Gasteiger partial charge in [0, 0.05) is 30.8 Å². The second-order valence-corrected chi connectivity index (χ2v) is 7.28. The van der Waals surface area contributed by atoms with Crippen LogP contribution >= 0.6 is 0 Å². The maximum absolute atomic E-state index is 13.2. The molecule has 0 radical (unpaired) electrons. The molecule has 1 fully saturated rings. The molecule has 2 aliphatic rings. The van der Waals surface area contributed by atoms with Crippen molar-refractivity contribution in [2.24, 2.45) is 0 Å². The molecule has 4 aromatic heterocycles. The summed E-state index contributed by atoms with van der Waals surface area (Å²) >= 11 is 0. The Balaban J connectivity index is 1.43. The van der Waals surface area contributed by atoms with Gasteiger partial charge in [0.2, 0.25) is 5.89 Å². The van der Waals surface area contributed by atoms with Crippen LogP contribution in [-0.2, 0) is 6.42 Å². The van der Waals surface area contributed by atoms with E-state index in [0.717, 1.165) is 35.4 Å². The van der Waals surface area contributed by atoms with Gasteiger partial charge in [0.1, 0.15) is 6.04 Å². The third-order valence-electron chi connectivity index (χ3n) is 5.41. The van der Waals surface area contributed by atoms with Gasteiger partial charge in [-0.25, -0.2) is 9.50 Å². The minimum atomic E-state index is -0.404. The molecule has 140 valence electrons. The van der Waals surface area contributed by atoms with E-state index in [1.54, 1.807) is 15.7 Å². The summed E-state index contributed by atoms with van der Waals surface area (Å²) < 4.78 is 7.47. The highest BCUT2D eigenvalue weighted by Gasteiger charge is 2.39. The van der Waals surface area contributed by atoms with E-state index in [1.807, 2.05) is 30.5 Å². The van der Waals surface area contributed by atoms with Gasteiger partial charge in [-0.05, 0) is 31.0 Å². The maximum atomic E-state index is 13.2. The molecule has 9 heteroatoms. The van der Waals surface area contributed by atoms with Gasteiger partial charge >= 0.3 is 11.8 Å². The van der Waals surface area contributed by atoms with Crippen molar-refractivity contribution in [3.8, 4) is 0 Å². The van der Waals surface area contributed by atoms with Crippen LogP contribution in [0.3, 0.4) is 0 Å². The lowest BCUT2D eigenvalue weighted by atomic mass is 9.99. The molecule has 0 aromatic carbocycles. The number of carbonyl (C=O) groups excluding carboxylic acids is 1. The Kier molecular flexibility index (Phi) is 3.20. The molecule has 1 aliphatic carbocycles. The highest BCUT2D eigenvalue weighted by atomic mass is 16.4. The zero-order chi connectivity index (χ0) is 18.7. The highest BCUT2D eigenvalue weighted by Crippen LogP contribution is 2.39. The predicted molar refractivity (Wildman–Crippen MR) is 96.6 cm³/mol. The average Bonchev–Trinajstić information content (AvgIpc) is 3.14. The first-order valence-corrected chi connectivity index (χ1v) is 9.39. The van der Waals surface area contributed by atoms with Crippen LogP contribution in [0.2, 0.25) is 0 Å². The zero-order valence-electron chi connectivity index (χ0n) is 14.9. The highest BCUT2D eigenvalue weighted by molar-refractivity contribution is 5.90. The number of pyridine rings is 1. The van der Waals surface area contributed by atoms with Crippen LogP contribution in [0.25, 0.3) is 5.52 Å². The summed E-state index contributed by atoms with van der Waals surface area (Å²) in [6.07, 6.45) is 6.33. The fraction of sp³-hybridized carbons (Fsp3) is 0.316. The molecular weight excluding hydrogens is 358 g/mol. The quantitative estimate of drug-likeness (QED) is 0.588. The fourth-order valence-electron chi connectivity index (χ4n) is 3.83. The summed E-state index contributed by atoms with van der Waals surface area (Å²) in [7, 11) is 0. The summed E-state index contributed by atoms with van der Waals surface area (Å²) in [4.78, 5) is 22.6. The van der Waals surface area contributed by atoms with E-state index in [2.05, 4.69) is 25.3 Å². The Morgan fingerprint density at radius 1 is 1.25 bits per heavy atom. The zero-order valence-corrected chi connectivity index (χ0v) is 14.9. The standard InChI is InChI=1S/C19H17N7O2/c27-19(18-23-22-17(28-18)11-4-5-11)25-8-6-13-15(21-10-20-13)16(25)14-9-12-3-1-2-7-26(12)24-14/h1-3,7,9-11,16H,4-6,8H2,(H,20,21). The van der Waals surface area contributed by atoms with Crippen molar-refractivity contribution >= 4 is 11.4 Å². The van der Waals surface area contributed by atoms with Crippen LogP contribution < -0.4 is 0 Å². The third-order valence-corrected chi connectivity index (χ3v) is 5.41. The maximum Gasteiger partial charge on any atom is 0.312 e. The van der Waals surface area contributed by atoms with E-state index in [0.29, 0.717) is 24.8 Å². The Morgan fingerprint density at radius 3 is 3.04 bits per heavy atom. The number of hydrogen-bond donors (Lipinski definition) is 1. The van der Waals surface area contributed by atoms with Crippen LogP contribution in [0.1, 0.15) is 58.5 Å². The number of nitrogens with zero attached hydrogens (tertiary/aromatic N) is 6. The van der Waals surface area contributed by atoms with Crippen LogP contribution in [-0.4, -0.2) is 47.1 Å². The SMILES string of the molecule is O=C(c1nnc(C2CC2)o1)N1CCc2[nH]cnc2C1c1cc2ccccn2n1. The molecule has 1 aliphatic heterocycles. The van der Waals surface area contributed by atoms with E-state index >= 15 is 0 Å². The Hall–Kier alpha value is -3.49. The number of aromatic amines is 1. The normalized spacial score (nSPS) is 19.1. The molecule has 5 heterocycles. The molecule has 9 nitrogen and oxygen atoms in total. The summed E-state index contributed by atoms with van der Waals surface area (Å²) in [6, 6.07) is 7.45. The fourth-order valence-corrected chi connectivity index (χ4v) is 3.83. The molecule has 6 rings (SSSR count). The number of aromatic nitrogens is 6. The first-order chi connectivity index (χ1) is 13.8. The van der Waals surface area contributed by atoms with Crippen molar-refractivity contribution in [3.05, 3.63) is 65.7 Å². The molecule has 28 heavy (non-hydrogen) atoms. The van der Waals surface area contributed by atoms with Gasteiger partial charge in [0.25, 0.3) is 0 Å². The van der Waals surface area contributed by atoms with Crippen LogP contribution in [0, 0.1) is 0 Å².